The SMILES string of the molecule is C=CCN1C=CC=CC1. The quantitative estimate of drug-likeness (QED) is 0.501. The first-order valence-electron chi connectivity index (χ1n) is 3.12. The van der Waals surface area contributed by atoms with Crippen molar-refractivity contribution in [1.82, 2.24) is 4.90 Å². The van der Waals surface area contributed by atoms with Crippen LogP contribution in [0.25, 0.3) is 0 Å². The molecule has 0 aromatic rings. The Balaban J connectivity index is 2.36. The molecule has 9 heavy (non-hydrogen) atoms. The fraction of sp³-hybridized carbons (Fsp3) is 0.250. The molecule has 1 nitrogen and oxygen atoms in total. The van der Waals surface area contributed by atoms with Crippen molar-refractivity contribution in [3.63, 3.8) is 0 Å². The Hall–Kier alpha value is -0.980. The maximum Gasteiger partial charge on any atom is 0.0360 e. The summed E-state index contributed by atoms with van der Waals surface area (Å²) in [6, 6.07) is 0. The van der Waals surface area contributed by atoms with Gasteiger partial charge in [0.2, 0.25) is 0 Å². The van der Waals surface area contributed by atoms with Crippen LogP contribution in [0, 0.1) is 0 Å². The molecule has 0 N–H and O–H groups in total. The van der Waals surface area contributed by atoms with E-state index in [1.165, 1.54) is 0 Å². The predicted molar refractivity (Wildman–Crippen MR) is 40.1 cm³/mol. The molecule has 1 rings (SSSR count). The topological polar surface area (TPSA) is 3.24 Å². The lowest BCUT2D eigenvalue weighted by Crippen LogP contribution is -2.18. The lowest BCUT2D eigenvalue weighted by molar-refractivity contribution is 0.458. The number of allylic oxidation sites excluding steroid dienone is 2. The highest BCUT2D eigenvalue weighted by atomic mass is 15.1. The highest BCUT2D eigenvalue weighted by Crippen LogP contribution is 1.96. The normalized spacial score (nSPS) is 16.2. The van der Waals surface area contributed by atoms with Gasteiger partial charge < -0.3 is 4.90 Å². The minimum absolute atomic E-state index is 0.945. The predicted octanol–water partition coefficient (Wildman–Crippen LogP) is 1.56. The van der Waals surface area contributed by atoms with Crippen molar-refractivity contribution in [2.24, 2.45) is 0 Å². The molecule has 0 aromatic carbocycles. The molecule has 0 aliphatic carbocycles. The first kappa shape index (κ1) is 6.14. The molecule has 0 fully saturated rings. The Bertz CT molecular complexity index is 143. The molecular formula is C8H11N. The fourth-order valence-electron chi connectivity index (χ4n) is 0.808. The minimum atomic E-state index is 0.945. The van der Waals surface area contributed by atoms with Crippen molar-refractivity contribution >= 4 is 0 Å². The number of hydrogen-bond acceptors (Lipinski definition) is 1. The molecule has 0 atom stereocenters. The lowest BCUT2D eigenvalue weighted by atomic mass is 10.3. The minimum Gasteiger partial charge on any atom is -0.370 e. The van der Waals surface area contributed by atoms with Gasteiger partial charge in [0.05, 0.1) is 0 Å². The first-order chi connectivity index (χ1) is 4.43. The Labute approximate surface area is 56.0 Å². The van der Waals surface area contributed by atoms with Gasteiger partial charge in [0.1, 0.15) is 0 Å². The van der Waals surface area contributed by atoms with Gasteiger partial charge in [-0.1, -0.05) is 18.2 Å². The molecule has 0 bridgehead atoms. The van der Waals surface area contributed by atoms with E-state index in [0.717, 1.165) is 13.1 Å². The van der Waals surface area contributed by atoms with Gasteiger partial charge in [0, 0.05) is 13.1 Å². The van der Waals surface area contributed by atoms with Crippen LogP contribution in [-0.4, -0.2) is 18.0 Å². The molecule has 48 valence electrons. The van der Waals surface area contributed by atoms with E-state index in [-0.39, 0.29) is 0 Å². The number of rotatable bonds is 2. The first-order valence-corrected chi connectivity index (χ1v) is 3.12. The van der Waals surface area contributed by atoms with Crippen LogP contribution in [-0.2, 0) is 0 Å². The Kier molecular flexibility index (Phi) is 2.13. The zero-order valence-electron chi connectivity index (χ0n) is 5.46. The second-order valence-electron chi connectivity index (χ2n) is 2.01. The summed E-state index contributed by atoms with van der Waals surface area (Å²) in [6.45, 7) is 5.62. The molecular weight excluding hydrogens is 110 g/mol. The molecule has 1 aliphatic heterocycles. The molecule has 0 saturated carbocycles. The van der Waals surface area contributed by atoms with E-state index < -0.39 is 0 Å². The van der Waals surface area contributed by atoms with E-state index in [9.17, 15) is 0 Å². The summed E-state index contributed by atoms with van der Waals surface area (Å²) in [5.41, 5.74) is 0. The summed E-state index contributed by atoms with van der Waals surface area (Å²) in [5, 5.41) is 0. The zero-order valence-corrected chi connectivity index (χ0v) is 5.46. The molecule has 0 radical (unpaired) electrons. The fourth-order valence-corrected chi connectivity index (χ4v) is 0.808. The average molecular weight is 121 g/mol. The maximum atomic E-state index is 3.66. The van der Waals surface area contributed by atoms with Gasteiger partial charge >= 0.3 is 0 Å². The highest BCUT2D eigenvalue weighted by molar-refractivity contribution is 5.09. The van der Waals surface area contributed by atoms with Crippen LogP contribution in [0.5, 0.6) is 0 Å². The smallest absolute Gasteiger partial charge is 0.0360 e. The average Bonchev–Trinajstić information content (AvgIpc) is 1.91. The summed E-state index contributed by atoms with van der Waals surface area (Å²) in [5.74, 6) is 0. The molecule has 0 spiro atoms. The van der Waals surface area contributed by atoms with Crippen LogP contribution in [0.15, 0.2) is 37.1 Å². The molecule has 0 amide bonds. The van der Waals surface area contributed by atoms with Gasteiger partial charge in [-0.15, -0.1) is 6.58 Å². The largest absolute Gasteiger partial charge is 0.370 e. The third-order valence-corrected chi connectivity index (χ3v) is 1.25. The van der Waals surface area contributed by atoms with Crippen LogP contribution in [0.1, 0.15) is 0 Å². The van der Waals surface area contributed by atoms with Gasteiger partial charge in [-0.2, -0.15) is 0 Å². The Morgan fingerprint density at radius 1 is 1.56 bits per heavy atom. The number of nitrogens with zero attached hydrogens (tertiary/aromatic N) is 1. The van der Waals surface area contributed by atoms with Gasteiger partial charge in [-0.05, 0) is 12.3 Å². The van der Waals surface area contributed by atoms with Gasteiger partial charge in [0.15, 0.2) is 0 Å². The summed E-state index contributed by atoms with van der Waals surface area (Å²) in [6.07, 6.45) is 10.2. The summed E-state index contributed by atoms with van der Waals surface area (Å²) < 4.78 is 0. The van der Waals surface area contributed by atoms with E-state index in [0.29, 0.717) is 0 Å². The third-order valence-electron chi connectivity index (χ3n) is 1.25. The van der Waals surface area contributed by atoms with Crippen molar-refractivity contribution in [1.29, 1.82) is 0 Å². The van der Waals surface area contributed by atoms with Crippen LogP contribution in [0.2, 0.25) is 0 Å². The molecule has 1 aliphatic rings. The van der Waals surface area contributed by atoms with Crippen LogP contribution >= 0.6 is 0 Å². The second kappa shape index (κ2) is 3.13. The molecule has 0 saturated heterocycles. The van der Waals surface area contributed by atoms with Crippen molar-refractivity contribution in [3.05, 3.63) is 37.1 Å². The lowest BCUT2D eigenvalue weighted by Gasteiger charge is -2.17. The van der Waals surface area contributed by atoms with Crippen molar-refractivity contribution in [2.45, 2.75) is 0 Å². The van der Waals surface area contributed by atoms with Gasteiger partial charge in [0.25, 0.3) is 0 Å². The molecule has 1 heterocycles. The third kappa shape index (κ3) is 1.76. The Morgan fingerprint density at radius 2 is 2.44 bits per heavy atom. The van der Waals surface area contributed by atoms with Crippen LogP contribution in [0.3, 0.4) is 0 Å². The van der Waals surface area contributed by atoms with Gasteiger partial charge in [-0.3, -0.25) is 0 Å². The zero-order chi connectivity index (χ0) is 6.53. The van der Waals surface area contributed by atoms with E-state index in [2.05, 4.69) is 29.8 Å². The summed E-state index contributed by atoms with van der Waals surface area (Å²) in [7, 11) is 0. The van der Waals surface area contributed by atoms with E-state index in [1.54, 1.807) is 0 Å². The molecule has 0 aromatic heterocycles. The second-order valence-corrected chi connectivity index (χ2v) is 2.01. The van der Waals surface area contributed by atoms with E-state index >= 15 is 0 Å². The summed E-state index contributed by atoms with van der Waals surface area (Å²) in [4.78, 5) is 2.19. The monoisotopic (exact) mass is 121 g/mol. The molecule has 1 heteroatoms. The summed E-state index contributed by atoms with van der Waals surface area (Å²) >= 11 is 0. The van der Waals surface area contributed by atoms with E-state index in [1.807, 2.05) is 12.2 Å². The number of hydrogen-bond donors (Lipinski definition) is 0. The Morgan fingerprint density at radius 3 is 3.00 bits per heavy atom. The highest BCUT2D eigenvalue weighted by Gasteiger charge is 1.93. The van der Waals surface area contributed by atoms with Crippen LogP contribution in [0.4, 0.5) is 0 Å². The molecule has 0 unspecified atom stereocenters. The van der Waals surface area contributed by atoms with Gasteiger partial charge in [-0.25, -0.2) is 0 Å². The van der Waals surface area contributed by atoms with Crippen molar-refractivity contribution < 1.29 is 0 Å². The maximum absolute atomic E-state index is 3.66. The standard InChI is InChI=1S/C8H11N/c1-2-6-9-7-4-3-5-8-9/h2-5,7H,1,6,8H2. The van der Waals surface area contributed by atoms with E-state index in [4.69, 9.17) is 0 Å². The van der Waals surface area contributed by atoms with Crippen molar-refractivity contribution in [2.75, 3.05) is 13.1 Å². The van der Waals surface area contributed by atoms with Crippen LogP contribution < -0.4 is 0 Å². The van der Waals surface area contributed by atoms with Crippen molar-refractivity contribution in [3.8, 4) is 0 Å².